The van der Waals surface area contributed by atoms with Crippen molar-refractivity contribution in [3.63, 3.8) is 0 Å². The lowest BCUT2D eigenvalue weighted by Crippen LogP contribution is -2.15. The van der Waals surface area contributed by atoms with Gasteiger partial charge in [0.25, 0.3) is 0 Å². The van der Waals surface area contributed by atoms with Crippen molar-refractivity contribution < 1.29 is 9.53 Å². The van der Waals surface area contributed by atoms with Gasteiger partial charge in [0.15, 0.2) is 0 Å². The van der Waals surface area contributed by atoms with Gasteiger partial charge >= 0.3 is 0 Å². The van der Waals surface area contributed by atoms with E-state index in [0.29, 0.717) is 0 Å². The van der Waals surface area contributed by atoms with Crippen LogP contribution in [0, 0.1) is 6.92 Å². The molecule has 0 saturated carbocycles. The zero-order valence-electron chi connectivity index (χ0n) is 16.1. The van der Waals surface area contributed by atoms with E-state index in [9.17, 15) is 4.79 Å². The van der Waals surface area contributed by atoms with Gasteiger partial charge in [-0.3, -0.25) is 9.89 Å². The molecule has 0 aliphatic heterocycles. The molecule has 1 amide bonds. The molecular formula is C22H22N4O2. The Labute approximate surface area is 163 Å². The maximum absolute atomic E-state index is 12.7. The molecule has 0 radical (unpaired) electrons. The number of rotatable bonds is 5. The van der Waals surface area contributed by atoms with E-state index >= 15 is 0 Å². The van der Waals surface area contributed by atoms with E-state index in [-0.39, 0.29) is 12.3 Å². The van der Waals surface area contributed by atoms with Crippen molar-refractivity contribution in [3.8, 4) is 17.0 Å². The van der Waals surface area contributed by atoms with Gasteiger partial charge in [0.2, 0.25) is 5.91 Å². The number of H-pyrrole nitrogens is 1. The second kappa shape index (κ2) is 7.23. The highest BCUT2D eigenvalue weighted by Crippen LogP contribution is 2.26. The summed E-state index contributed by atoms with van der Waals surface area (Å²) in [5, 5.41) is 11.5. The van der Waals surface area contributed by atoms with Crippen LogP contribution in [0.15, 0.2) is 54.7 Å². The van der Waals surface area contributed by atoms with E-state index in [1.807, 2.05) is 68.7 Å². The van der Waals surface area contributed by atoms with E-state index in [1.54, 1.807) is 7.11 Å². The number of carbonyl (C=O) groups excluding carboxylic acids is 1. The summed E-state index contributed by atoms with van der Waals surface area (Å²) >= 11 is 0. The zero-order chi connectivity index (χ0) is 19.7. The largest absolute Gasteiger partial charge is 0.497 e. The SMILES string of the molecule is COc1ccc(-c2n[nH]c(C)c2CC(=O)Nc2ccc3c(ccn3C)c2)cc1. The molecule has 2 heterocycles. The lowest BCUT2D eigenvalue weighted by Gasteiger charge is -2.08. The number of benzene rings is 2. The van der Waals surface area contributed by atoms with Gasteiger partial charge in [-0.2, -0.15) is 5.10 Å². The summed E-state index contributed by atoms with van der Waals surface area (Å²) in [6.07, 6.45) is 2.25. The summed E-state index contributed by atoms with van der Waals surface area (Å²) in [6, 6.07) is 15.6. The summed E-state index contributed by atoms with van der Waals surface area (Å²) in [5.74, 6) is 0.709. The summed E-state index contributed by atoms with van der Waals surface area (Å²) in [6.45, 7) is 1.93. The van der Waals surface area contributed by atoms with Crippen LogP contribution in [0.25, 0.3) is 22.2 Å². The first-order valence-corrected chi connectivity index (χ1v) is 9.08. The van der Waals surface area contributed by atoms with Gasteiger partial charge in [0.05, 0.1) is 19.2 Å². The number of fused-ring (bicyclic) bond motifs is 1. The summed E-state index contributed by atoms with van der Waals surface area (Å²) in [7, 11) is 3.64. The number of hydrogen-bond acceptors (Lipinski definition) is 3. The second-order valence-corrected chi connectivity index (χ2v) is 6.83. The molecule has 4 aromatic rings. The summed E-state index contributed by atoms with van der Waals surface area (Å²) in [5.41, 5.74) is 5.43. The van der Waals surface area contributed by atoms with Crippen LogP contribution in [0.5, 0.6) is 5.75 Å². The second-order valence-electron chi connectivity index (χ2n) is 6.83. The molecule has 2 N–H and O–H groups in total. The summed E-state index contributed by atoms with van der Waals surface area (Å²) < 4.78 is 7.26. The first kappa shape index (κ1) is 17.9. The Morgan fingerprint density at radius 1 is 1.18 bits per heavy atom. The smallest absolute Gasteiger partial charge is 0.228 e. The van der Waals surface area contributed by atoms with Crippen molar-refractivity contribution >= 4 is 22.5 Å². The molecule has 0 bridgehead atoms. The highest BCUT2D eigenvalue weighted by molar-refractivity contribution is 5.95. The number of hydrogen-bond donors (Lipinski definition) is 2. The molecule has 2 aromatic carbocycles. The van der Waals surface area contributed by atoms with Gasteiger partial charge in [0.1, 0.15) is 5.75 Å². The van der Waals surface area contributed by atoms with Gasteiger partial charge in [0, 0.05) is 46.7 Å². The van der Waals surface area contributed by atoms with E-state index in [2.05, 4.69) is 20.1 Å². The Bertz CT molecular complexity index is 1140. The fourth-order valence-electron chi connectivity index (χ4n) is 3.38. The van der Waals surface area contributed by atoms with Crippen LogP contribution in [0.1, 0.15) is 11.3 Å². The molecule has 0 fully saturated rings. The maximum Gasteiger partial charge on any atom is 0.228 e. The molecule has 0 unspecified atom stereocenters. The molecular weight excluding hydrogens is 352 g/mol. The molecule has 6 nitrogen and oxygen atoms in total. The Morgan fingerprint density at radius 3 is 2.71 bits per heavy atom. The minimum absolute atomic E-state index is 0.0745. The number of aromatic amines is 1. The molecule has 0 aliphatic carbocycles. The fraction of sp³-hybridized carbons (Fsp3) is 0.182. The number of aryl methyl sites for hydroxylation is 2. The van der Waals surface area contributed by atoms with Crippen LogP contribution in [0.2, 0.25) is 0 Å². The van der Waals surface area contributed by atoms with Crippen molar-refractivity contribution in [2.24, 2.45) is 7.05 Å². The average Bonchev–Trinajstić information content (AvgIpc) is 3.25. The Balaban J connectivity index is 1.54. The van der Waals surface area contributed by atoms with Crippen LogP contribution >= 0.6 is 0 Å². The number of carbonyl (C=O) groups is 1. The third kappa shape index (κ3) is 3.36. The first-order valence-electron chi connectivity index (χ1n) is 9.08. The highest BCUT2D eigenvalue weighted by Gasteiger charge is 2.16. The van der Waals surface area contributed by atoms with Gasteiger partial charge < -0.3 is 14.6 Å². The monoisotopic (exact) mass is 374 g/mol. The maximum atomic E-state index is 12.7. The van der Waals surface area contributed by atoms with Crippen LogP contribution < -0.4 is 10.1 Å². The number of nitrogens with zero attached hydrogens (tertiary/aromatic N) is 2. The minimum atomic E-state index is -0.0745. The summed E-state index contributed by atoms with van der Waals surface area (Å²) in [4.78, 5) is 12.7. The number of nitrogens with one attached hydrogen (secondary N) is 2. The Hall–Kier alpha value is -3.54. The fourth-order valence-corrected chi connectivity index (χ4v) is 3.38. The van der Waals surface area contributed by atoms with Crippen LogP contribution in [-0.2, 0) is 18.3 Å². The normalized spacial score (nSPS) is 11.0. The predicted molar refractivity (Wildman–Crippen MR) is 111 cm³/mol. The first-order chi connectivity index (χ1) is 13.5. The van der Waals surface area contributed by atoms with Crippen LogP contribution in [0.4, 0.5) is 5.69 Å². The third-order valence-electron chi connectivity index (χ3n) is 4.94. The lowest BCUT2D eigenvalue weighted by molar-refractivity contribution is -0.115. The standard InChI is InChI=1S/C22H22N4O2/c1-14-19(22(25-24-14)15-4-7-18(28-3)8-5-15)13-21(27)23-17-6-9-20-16(12-17)10-11-26(20)2/h4-12H,13H2,1-3H3,(H,23,27)(H,24,25). The number of ether oxygens (including phenoxy) is 1. The number of methoxy groups -OCH3 is 1. The van der Waals surface area contributed by atoms with Gasteiger partial charge in [-0.25, -0.2) is 0 Å². The van der Waals surface area contributed by atoms with Gasteiger partial charge in [-0.05, 0) is 55.5 Å². The number of amides is 1. The van der Waals surface area contributed by atoms with E-state index < -0.39 is 0 Å². The molecule has 4 rings (SSSR count). The molecule has 0 saturated heterocycles. The van der Waals surface area contributed by atoms with Crippen molar-refractivity contribution in [1.82, 2.24) is 14.8 Å². The van der Waals surface area contributed by atoms with Crippen LogP contribution in [0.3, 0.4) is 0 Å². The molecule has 0 aliphatic rings. The van der Waals surface area contributed by atoms with Crippen molar-refractivity contribution in [1.29, 1.82) is 0 Å². The topological polar surface area (TPSA) is 71.9 Å². The molecule has 6 heteroatoms. The van der Waals surface area contributed by atoms with Crippen molar-refractivity contribution in [3.05, 3.63) is 66.0 Å². The van der Waals surface area contributed by atoms with E-state index in [4.69, 9.17) is 4.74 Å². The van der Waals surface area contributed by atoms with Gasteiger partial charge in [-0.15, -0.1) is 0 Å². The van der Waals surface area contributed by atoms with E-state index in [1.165, 1.54) is 0 Å². The minimum Gasteiger partial charge on any atom is -0.497 e. The molecule has 28 heavy (non-hydrogen) atoms. The number of aromatic nitrogens is 3. The molecule has 0 spiro atoms. The quantitative estimate of drug-likeness (QED) is 0.553. The zero-order valence-corrected chi connectivity index (χ0v) is 16.1. The average molecular weight is 374 g/mol. The van der Waals surface area contributed by atoms with Gasteiger partial charge in [-0.1, -0.05) is 0 Å². The van der Waals surface area contributed by atoms with Crippen molar-refractivity contribution in [2.45, 2.75) is 13.3 Å². The molecule has 2 aromatic heterocycles. The van der Waals surface area contributed by atoms with Crippen molar-refractivity contribution in [2.75, 3.05) is 12.4 Å². The molecule has 142 valence electrons. The lowest BCUT2D eigenvalue weighted by atomic mass is 10.0. The predicted octanol–water partition coefficient (Wildman–Crippen LogP) is 4.07. The van der Waals surface area contributed by atoms with Crippen LogP contribution in [-0.4, -0.2) is 27.8 Å². The highest BCUT2D eigenvalue weighted by atomic mass is 16.5. The third-order valence-corrected chi connectivity index (χ3v) is 4.94. The number of anilines is 1. The Kier molecular flexibility index (Phi) is 4.61. The molecule has 0 atom stereocenters. The van der Waals surface area contributed by atoms with E-state index in [0.717, 1.165) is 44.9 Å². The Morgan fingerprint density at radius 2 is 1.96 bits per heavy atom.